The highest BCUT2D eigenvalue weighted by molar-refractivity contribution is 7.09. The summed E-state index contributed by atoms with van der Waals surface area (Å²) in [7, 11) is 0. The van der Waals surface area contributed by atoms with E-state index in [1.165, 1.54) is 24.3 Å². The van der Waals surface area contributed by atoms with Crippen molar-refractivity contribution in [3.05, 3.63) is 82.3 Å². The van der Waals surface area contributed by atoms with Gasteiger partial charge >= 0.3 is 0 Å². The Hall–Kier alpha value is -2.66. The predicted molar refractivity (Wildman–Crippen MR) is 98.6 cm³/mol. The molecule has 0 N–H and O–H groups in total. The average molecular weight is 355 g/mol. The third kappa shape index (κ3) is 4.67. The number of rotatable bonds is 6. The van der Waals surface area contributed by atoms with Crippen LogP contribution in [0.5, 0.6) is 5.75 Å². The molecule has 0 bridgehead atoms. The van der Waals surface area contributed by atoms with Gasteiger partial charge in [-0.2, -0.15) is 0 Å². The fourth-order valence-electron chi connectivity index (χ4n) is 2.36. The molecule has 0 aliphatic heterocycles. The molecule has 0 radical (unpaired) electrons. The zero-order chi connectivity index (χ0) is 17.6. The molecular formula is C20H18FNO2S. The lowest BCUT2D eigenvalue weighted by Crippen LogP contribution is -2.34. The molecule has 1 heterocycles. The van der Waals surface area contributed by atoms with Crippen molar-refractivity contribution in [3.63, 3.8) is 0 Å². The van der Waals surface area contributed by atoms with Crippen LogP contribution in [0.2, 0.25) is 0 Å². The van der Waals surface area contributed by atoms with Gasteiger partial charge in [0.2, 0.25) is 0 Å². The van der Waals surface area contributed by atoms with E-state index in [1.54, 1.807) is 16.2 Å². The van der Waals surface area contributed by atoms with Gasteiger partial charge in [0, 0.05) is 10.6 Å². The highest BCUT2D eigenvalue weighted by Crippen LogP contribution is 2.21. The SMILES string of the molecule is Cc1ccc(N(Cc2cccs2)C(=O)COc2ccc(F)cc2)cc1. The van der Waals surface area contributed by atoms with Gasteiger partial charge in [-0.25, -0.2) is 4.39 Å². The summed E-state index contributed by atoms with van der Waals surface area (Å²) in [4.78, 5) is 15.5. The maximum Gasteiger partial charge on any atom is 0.265 e. The van der Waals surface area contributed by atoms with E-state index >= 15 is 0 Å². The number of benzene rings is 2. The molecule has 0 fully saturated rings. The van der Waals surface area contributed by atoms with E-state index in [-0.39, 0.29) is 18.3 Å². The van der Waals surface area contributed by atoms with E-state index in [0.29, 0.717) is 12.3 Å². The number of carbonyl (C=O) groups excluding carboxylic acids is 1. The molecule has 0 spiro atoms. The summed E-state index contributed by atoms with van der Waals surface area (Å²) in [6.07, 6.45) is 0. The van der Waals surface area contributed by atoms with E-state index in [0.717, 1.165) is 16.1 Å². The first-order valence-corrected chi connectivity index (χ1v) is 8.77. The van der Waals surface area contributed by atoms with Crippen LogP contribution in [0.25, 0.3) is 0 Å². The number of hydrogen-bond donors (Lipinski definition) is 0. The van der Waals surface area contributed by atoms with Crippen molar-refractivity contribution in [2.45, 2.75) is 13.5 Å². The van der Waals surface area contributed by atoms with E-state index in [4.69, 9.17) is 4.74 Å². The van der Waals surface area contributed by atoms with Gasteiger partial charge in [-0.3, -0.25) is 4.79 Å². The number of halogens is 1. The zero-order valence-electron chi connectivity index (χ0n) is 13.8. The molecule has 0 saturated heterocycles. The second-order valence-electron chi connectivity index (χ2n) is 5.64. The summed E-state index contributed by atoms with van der Waals surface area (Å²) >= 11 is 1.61. The minimum atomic E-state index is -0.336. The van der Waals surface area contributed by atoms with Crippen LogP contribution in [-0.2, 0) is 11.3 Å². The second-order valence-corrected chi connectivity index (χ2v) is 6.67. The number of amides is 1. The molecule has 0 atom stereocenters. The number of nitrogens with zero attached hydrogens (tertiary/aromatic N) is 1. The van der Waals surface area contributed by atoms with Crippen LogP contribution in [0.4, 0.5) is 10.1 Å². The highest BCUT2D eigenvalue weighted by atomic mass is 32.1. The van der Waals surface area contributed by atoms with Gasteiger partial charge in [0.1, 0.15) is 11.6 Å². The maximum absolute atomic E-state index is 12.9. The first-order chi connectivity index (χ1) is 12.1. The van der Waals surface area contributed by atoms with Crippen LogP contribution < -0.4 is 9.64 Å². The molecule has 1 aromatic heterocycles. The number of carbonyl (C=O) groups is 1. The number of anilines is 1. The molecule has 3 rings (SSSR count). The van der Waals surface area contributed by atoms with Gasteiger partial charge in [0.15, 0.2) is 6.61 Å². The van der Waals surface area contributed by atoms with Crippen LogP contribution in [-0.4, -0.2) is 12.5 Å². The lowest BCUT2D eigenvalue weighted by molar-refractivity contribution is -0.120. The van der Waals surface area contributed by atoms with Crippen molar-refractivity contribution in [1.82, 2.24) is 0 Å². The molecule has 2 aromatic carbocycles. The van der Waals surface area contributed by atoms with Crippen LogP contribution in [0.1, 0.15) is 10.4 Å². The molecule has 3 nitrogen and oxygen atoms in total. The maximum atomic E-state index is 12.9. The smallest absolute Gasteiger partial charge is 0.265 e. The lowest BCUT2D eigenvalue weighted by Gasteiger charge is -2.22. The Morgan fingerprint density at radius 2 is 1.80 bits per heavy atom. The first-order valence-electron chi connectivity index (χ1n) is 7.89. The van der Waals surface area contributed by atoms with Gasteiger partial charge in [-0.1, -0.05) is 23.8 Å². The van der Waals surface area contributed by atoms with Crippen molar-refractivity contribution in [1.29, 1.82) is 0 Å². The van der Waals surface area contributed by atoms with Crippen molar-refractivity contribution in [2.75, 3.05) is 11.5 Å². The normalized spacial score (nSPS) is 10.5. The van der Waals surface area contributed by atoms with Crippen LogP contribution in [0, 0.1) is 12.7 Å². The first kappa shape index (κ1) is 17.2. The fourth-order valence-corrected chi connectivity index (χ4v) is 3.05. The Morgan fingerprint density at radius 1 is 1.08 bits per heavy atom. The Labute approximate surface area is 150 Å². The highest BCUT2D eigenvalue weighted by Gasteiger charge is 2.17. The minimum Gasteiger partial charge on any atom is -0.484 e. The Morgan fingerprint density at radius 3 is 2.44 bits per heavy atom. The van der Waals surface area contributed by atoms with Crippen molar-refractivity contribution >= 4 is 22.9 Å². The Balaban J connectivity index is 1.74. The fraction of sp³-hybridized carbons (Fsp3) is 0.150. The molecule has 0 aliphatic carbocycles. The van der Waals surface area contributed by atoms with E-state index in [9.17, 15) is 9.18 Å². The number of aryl methyl sites for hydroxylation is 1. The summed E-state index contributed by atoms with van der Waals surface area (Å²) in [6, 6.07) is 17.4. The largest absolute Gasteiger partial charge is 0.484 e. The lowest BCUT2D eigenvalue weighted by atomic mass is 10.2. The van der Waals surface area contributed by atoms with Crippen LogP contribution in [0.15, 0.2) is 66.0 Å². The number of thiophene rings is 1. The molecule has 25 heavy (non-hydrogen) atoms. The van der Waals surface area contributed by atoms with Gasteiger partial charge in [-0.05, 0) is 54.8 Å². The summed E-state index contributed by atoms with van der Waals surface area (Å²) in [5.41, 5.74) is 1.96. The van der Waals surface area contributed by atoms with Gasteiger partial charge in [-0.15, -0.1) is 11.3 Å². The zero-order valence-corrected chi connectivity index (χ0v) is 14.6. The molecule has 0 aliphatic rings. The molecule has 128 valence electrons. The van der Waals surface area contributed by atoms with E-state index in [1.807, 2.05) is 48.7 Å². The number of ether oxygens (including phenoxy) is 1. The van der Waals surface area contributed by atoms with E-state index in [2.05, 4.69) is 0 Å². The van der Waals surface area contributed by atoms with Gasteiger partial charge in [0.05, 0.1) is 6.54 Å². The van der Waals surface area contributed by atoms with Gasteiger partial charge < -0.3 is 9.64 Å². The topological polar surface area (TPSA) is 29.5 Å². The quantitative estimate of drug-likeness (QED) is 0.635. The Bertz CT molecular complexity index is 814. The third-order valence-electron chi connectivity index (χ3n) is 3.72. The summed E-state index contributed by atoms with van der Waals surface area (Å²) in [5, 5.41) is 1.99. The minimum absolute atomic E-state index is 0.106. The van der Waals surface area contributed by atoms with E-state index < -0.39 is 0 Å². The third-order valence-corrected chi connectivity index (χ3v) is 4.58. The summed E-state index contributed by atoms with van der Waals surface area (Å²) in [5.74, 6) is -0.0195. The second kappa shape index (κ2) is 7.94. The predicted octanol–water partition coefficient (Wildman–Crippen LogP) is 4.81. The molecule has 0 unspecified atom stereocenters. The summed E-state index contributed by atoms with van der Waals surface area (Å²) in [6.45, 7) is 2.39. The van der Waals surface area contributed by atoms with Gasteiger partial charge in [0.25, 0.3) is 5.91 Å². The standard InChI is InChI=1S/C20H18FNO2S/c1-15-4-8-17(9-5-15)22(13-19-3-2-12-25-19)20(23)14-24-18-10-6-16(21)7-11-18/h2-12H,13-14H2,1H3. The monoisotopic (exact) mass is 355 g/mol. The molecule has 3 aromatic rings. The Kier molecular flexibility index (Phi) is 5.46. The number of hydrogen-bond acceptors (Lipinski definition) is 3. The molecule has 1 amide bonds. The molecular weight excluding hydrogens is 337 g/mol. The molecule has 5 heteroatoms. The van der Waals surface area contributed by atoms with Crippen LogP contribution >= 0.6 is 11.3 Å². The molecule has 0 saturated carbocycles. The summed E-state index contributed by atoms with van der Waals surface area (Å²) < 4.78 is 18.5. The van der Waals surface area contributed by atoms with Crippen molar-refractivity contribution in [3.8, 4) is 5.75 Å². The average Bonchev–Trinajstić information content (AvgIpc) is 3.13. The van der Waals surface area contributed by atoms with Crippen molar-refractivity contribution in [2.24, 2.45) is 0 Å². The van der Waals surface area contributed by atoms with Crippen molar-refractivity contribution < 1.29 is 13.9 Å². The van der Waals surface area contributed by atoms with Crippen LogP contribution in [0.3, 0.4) is 0 Å².